The molecule has 0 saturated carbocycles. The van der Waals surface area contributed by atoms with Crippen molar-refractivity contribution in [2.24, 2.45) is 0 Å². The molecule has 0 atom stereocenters. The van der Waals surface area contributed by atoms with Crippen LogP contribution in [0.5, 0.6) is 11.5 Å². The number of sulfonamides is 1. The van der Waals surface area contributed by atoms with E-state index in [-0.39, 0.29) is 12.5 Å². The minimum absolute atomic E-state index is 0.316. The van der Waals surface area contributed by atoms with Crippen molar-refractivity contribution in [3.05, 3.63) is 48.0 Å². The molecule has 7 nitrogen and oxygen atoms in total. The highest BCUT2D eigenvalue weighted by molar-refractivity contribution is 7.99. The fourth-order valence-electron chi connectivity index (χ4n) is 2.56. The Morgan fingerprint density at radius 3 is 2.31 bits per heavy atom. The molecule has 0 aliphatic heterocycles. The van der Waals surface area contributed by atoms with Gasteiger partial charge in [-0.15, -0.1) is 11.8 Å². The Kier molecular flexibility index (Phi) is 8.21. The van der Waals surface area contributed by atoms with Gasteiger partial charge in [0.25, 0.3) is 0 Å². The molecule has 2 rings (SSSR count). The average Bonchev–Trinajstić information content (AvgIpc) is 2.69. The maximum atomic E-state index is 12.3. The first-order valence-electron chi connectivity index (χ1n) is 8.90. The van der Waals surface area contributed by atoms with E-state index in [9.17, 15) is 13.2 Å². The van der Waals surface area contributed by atoms with Gasteiger partial charge in [0.1, 0.15) is 6.54 Å². The number of anilines is 1. The molecule has 1 amide bonds. The van der Waals surface area contributed by atoms with Crippen LogP contribution in [0.2, 0.25) is 0 Å². The zero-order valence-electron chi connectivity index (χ0n) is 17.0. The second-order valence-corrected chi connectivity index (χ2v) is 9.40. The number of aryl methyl sites for hydroxylation is 1. The van der Waals surface area contributed by atoms with E-state index in [1.807, 2.05) is 31.2 Å². The zero-order chi connectivity index (χ0) is 21.4. The van der Waals surface area contributed by atoms with Gasteiger partial charge in [-0.1, -0.05) is 17.7 Å². The molecule has 29 heavy (non-hydrogen) atoms. The summed E-state index contributed by atoms with van der Waals surface area (Å²) < 4.78 is 35.9. The van der Waals surface area contributed by atoms with Gasteiger partial charge in [-0.25, -0.2) is 8.42 Å². The molecule has 9 heteroatoms. The smallest absolute Gasteiger partial charge is 0.240 e. The van der Waals surface area contributed by atoms with Gasteiger partial charge in [-0.3, -0.25) is 9.10 Å². The molecule has 158 valence electrons. The molecule has 0 aliphatic rings. The Morgan fingerprint density at radius 2 is 1.72 bits per heavy atom. The van der Waals surface area contributed by atoms with E-state index in [1.54, 1.807) is 23.9 Å². The van der Waals surface area contributed by atoms with Crippen LogP contribution < -0.4 is 19.1 Å². The number of methoxy groups -OCH3 is 2. The number of amides is 1. The van der Waals surface area contributed by atoms with Crippen LogP contribution in [-0.4, -0.2) is 53.6 Å². The van der Waals surface area contributed by atoms with Crippen LogP contribution in [0.4, 0.5) is 5.69 Å². The standard InChI is InChI=1S/C20H26N2O5S2/c1-15-5-8-17(9-6-15)28-12-11-21-20(23)14-22(29(4,24)25)16-7-10-18(26-2)19(13-16)27-3/h5-10,13H,11-12,14H2,1-4H3,(H,21,23). The third-order valence-electron chi connectivity index (χ3n) is 4.06. The quantitative estimate of drug-likeness (QED) is 0.454. The zero-order valence-corrected chi connectivity index (χ0v) is 18.6. The monoisotopic (exact) mass is 438 g/mol. The maximum Gasteiger partial charge on any atom is 0.240 e. The first-order valence-corrected chi connectivity index (χ1v) is 11.7. The van der Waals surface area contributed by atoms with E-state index in [4.69, 9.17) is 9.47 Å². The number of hydrogen-bond donors (Lipinski definition) is 1. The highest BCUT2D eigenvalue weighted by atomic mass is 32.2. The first kappa shape index (κ1) is 22.9. The molecule has 2 aromatic carbocycles. The van der Waals surface area contributed by atoms with Gasteiger partial charge in [0, 0.05) is 23.3 Å². The number of ether oxygens (including phenoxy) is 2. The highest BCUT2D eigenvalue weighted by Crippen LogP contribution is 2.32. The van der Waals surface area contributed by atoms with Crippen molar-refractivity contribution in [1.82, 2.24) is 5.32 Å². The van der Waals surface area contributed by atoms with Gasteiger partial charge in [0.2, 0.25) is 15.9 Å². The van der Waals surface area contributed by atoms with E-state index < -0.39 is 10.0 Å². The molecule has 0 aromatic heterocycles. The summed E-state index contributed by atoms with van der Waals surface area (Å²) in [6.07, 6.45) is 1.06. The van der Waals surface area contributed by atoms with Crippen molar-refractivity contribution in [1.29, 1.82) is 0 Å². The molecule has 0 aliphatic carbocycles. The third-order valence-corrected chi connectivity index (χ3v) is 6.21. The molecular formula is C20H26N2O5S2. The molecular weight excluding hydrogens is 412 g/mol. The minimum atomic E-state index is -3.66. The van der Waals surface area contributed by atoms with Crippen LogP contribution in [0.15, 0.2) is 47.4 Å². The van der Waals surface area contributed by atoms with Crippen molar-refractivity contribution in [3.63, 3.8) is 0 Å². The van der Waals surface area contributed by atoms with E-state index in [0.717, 1.165) is 15.5 Å². The van der Waals surface area contributed by atoms with Gasteiger partial charge in [0.15, 0.2) is 11.5 Å². The highest BCUT2D eigenvalue weighted by Gasteiger charge is 2.22. The van der Waals surface area contributed by atoms with Crippen LogP contribution in [-0.2, 0) is 14.8 Å². The minimum Gasteiger partial charge on any atom is -0.493 e. The molecule has 0 heterocycles. The van der Waals surface area contributed by atoms with E-state index in [2.05, 4.69) is 5.32 Å². The van der Waals surface area contributed by atoms with Crippen molar-refractivity contribution in [2.75, 3.05) is 43.6 Å². The fraction of sp³-hybridized carbons (Fsp3) is 0.350. The summed E-state index contributed by atoms with van der Waals surface area (Å²) in [5.41, 5.74) is 1.52. The lowest BCUT2D eigenvalue weighted by atomic mass is 10.2. The molecule has 0 bridgehead atoms. The Hall–Kier alpha value is -2.39. The number of hydrogen-bond acceptors (Lipinski definition) is 6. The second-order valence-electron chi connectivity index (χ2n) is 6.32. The maximum absolute atomic E-state index is 12.3. The second kappa shape index (κ2) is 10.4. The molecule has 0 fully saturated rings. The molecule has 0 unspecified atom stereocenters. The van der Waals surface area contributed by atoms with Gasteiger partial charge >= 0.3 is 0 Å². The topological polar surface area (TPSA) is 84.9 Å². The van der Waals surface area contributed by atoms with Crippen LogP contribution in [0, 0.1) is 6.92 Å². The lowest BCUT2D eigenvalue weighted by Gasteiger charge is -2.23. The number of carbonyl (C=O) groups excluding carboxylic acids is 1. The lowest BCUT2D eigenvalue weighted by molar-refractivity contribution is -0.119. The van der Waals surface area contributed by atoms with E-state index >= 15 is 0 Å². The SMILES string of the molecule is COc1ccc(N(CC(=O)NCCSc2ccc(C)cc2)S(C)(=O)=O)cc1OC. The van der Waals surface area contributed by atoms with E-state index in [1.165, 1.54) is 25.8 Å². The predicted molar refractivity (Wildman–Crippen MR) is 117 cm³/mol. The van der Waals surface area contributed by atoms with Crippen LogP contribution in [0.3, 0.4) is 0 Å². The average molecular weight is 439 g/mol. The van der Waals surface area contributed by atoms with Crippen molar-refractivity contribution < 1.29 is 22.7 Å². The number of rotatable bonds is 10. The van der Waals surface area contributed by atoms with Gasteiger partial charge in [-0.2, -0.15) is 0 Å². The number of nitrogens with zero attached hydrogens (tertiary/aromatic N) is 1. The summed E-state index contributed by atoms with van der Waals surface area (Å²) in [4.78, 5) is 13.4. The Labute approximate surface area is 176 Å². The summed E-state index contributed by atoms with van der Waals surface area (Å²) in [6.45, 7) is 2.14. The number of carbonyl (C=O) groups is 1. The summed E-state index contributed by atoms with van der Waals surface area (Å²) >= 11 is 1.62. The molecule has 2 aromatic rings. The largest absolute Gasteiger partial charge is 0.493 e. The molecule has 1 N–H and O–H groups in total. The van der Waals surface area contributed by atoms with Gasteiger partial charge in [-0.05, 0) is 31.2 Å². The fourth-order valence-corrected chi connectivity index (χ4v) is 4.18. The van der Waals surface area contributed by atoms with Crippen molar-refractivity contribution in [2.45, 2.75) is 11.8 Å². The lowest BCUT2D eigenvalue weighted by Crippen LogP contribution is -2.41. The number of thioether (sulfide) groups is 1. The van der Waals surface area contributed by atoms with Crippen molar-refractivity contribution >= 4 is 33.4 Å². The summed E-state index contributed by atoms with van der Waals surface area (Å²) in [6, 6.07) is 12.8. The summed E-state index contributed by atoms with van der Waals surface area (Å²) in [5, 5.41) is 2.77. The first-order chi connectivity index (χ1) is 13.7. The Balaban J connectivity index is 1.97. The Morgan fingerprint density at radius 1 is 1.07 bits per heavy atom. The summed E-state index contributed by atoms with van der Waals surface area (Å²) in [7, 11) is -0.707. The van der Waals surface area contributed by atoms with Crippen LogP contribution >= 0.6 is 11.8 Å². The molecule has 0 spiro atoms. The molecule has 0 radical (unpaired) electrons. The summed E-state index contributed by atoms with van der Waals surface area (Å²) in [5.74, 6) is 1.16. The van der Waals surface area contributed by atoms with Gasteiger partial charge < -0.3 is 14.8 Å². The van der Waals surface area contributed by atoms with Crippen molar-refractivity contribution in [3.8, 4) is 11.5 Å². The third kappa shape index (κ3) is 6.86. The normalized spacial score (nSPS) is 11.0. The van der Waals surface area contributed by atoms with E-state index in [0.29, 0.717) is 29.5 Å². The van der Waals surface area contributed by atoms with Crippen LogP contribution in [0.25, 0.3) is 0 Å². The number of benzene rings is 2. The van der Waals surface area contributed by atoms with Gasteiger partial charge in [0.05, 0.1) is 26.2 Å². The Bertz CT molecular complexity index is 930. The van der Waals surface area contributed by atoms with Crippen LogP contribution in [0.1, 0.15) is 5.56 Å². The molecule has 0 saturated heterocycles. The predicted octanol–water partition coefficient (Wildman–Crippen LogP) is 2.69. The number of nitrogens with one attached hydrogen (secondary N) is 1.